The molecule has 3 rings (SSSR count). The Kier molecular flexibility index (Phi) is 5.45. The van der Waals surface area contributed by atoms with Crippen LogP contribution < -0.4 is 4.90 Å². The second-order valence-electron chi connectivity index (χ2n) is 6.65. The van der Waals surface area contributed by atoms with Gasteiger partial charge in [0.25, 0.3) is 0 Å². The maximum absolute atomic E-state index is 12.6. The normalized spacial score (nSPS) is 19.0. The molecule has 25 heavy (non-hydrogen) atoms. The van der Waals surface area contributed by atoms with Crippen molar-refractivity contribution < 1.29 is 9.53 Å². The first-order valence-electron chi connectivity index (χ1n) is 8.71. The third-order valence-corrected chi connectivity index (χ3v) is 5.65. The van der Waals surface area contributed by atoms with E-state index in [2.05, 4.69) is 16.0 Å². The average molecular weight is 363 g/mol. The number of carbonyl (C=O) groups excluding carboxylic acids is 1. The molecule has 3 heterocycles. The van der Waals surface area contributed by atoms with Crippen molar-refractivity contribution in [2.45, 2.75) is 26.7 Å². The minimum absolute atomic E-state index is 0.0504. The molecular formula is C18H23ClN4O2. The standard InChI is InChI=1S/C18H23ClN4O2/c1-12-15(11-20)17(21-13(2)16(12)19)22-5-3-14(4-6-22)18(24)23-7-9-25-10-8-23/h14H,3-10H2,1-2H3. The van der Waals surface area contributed by atoms with E-state index in [1.165, 1.54) is 0 Å². The molecule has 2 aliphatic heterocycles. The molecule has 1 aromatic rings. The third kappa shape index (κ3) is 3.58. The number of halogens is 1. The van der Waals surface area contributed by atoms with E-state index in [0.29, 0.717) is 42.7 Å². The van der Waals surface area contributed by atoms with Gasteiger partial charge in [-0.1, -0.05) is 11.6 Å². The first kappa shape index (κ1) is 18.0. The Labute approximate surface area is 153 Å². The molecule has 2 fully saturated rings. The number of aromatic nitrogens is 1. The summed E-state index contributed by atoms with van der Waals surface area (Å²) >= 11 is 6.23. The lowest BCUT2D eigenvalue weighted by Gasteiger charge is -2.36. The molecule has 0 bridgehead atoms. The molecule has 0 aromatic carbocycles. The Bertz CT molecular complexity index is 702. The second-order valence-corrected chi connectivity index (χ2v) is 7.02. The zero-order valence-corrected chi connectivity index (χ0v) is 15.5. The maximum atomic E-state index is 12.6. The summed E-state index contributed by atoms with van der Waals surface area (Å²) in [6.07, 6.45) is 1.56. The number of piperidine rings is 1. The molecule has 1 aromatic heterocycles. The molecule has 6 nitrogen and oxygen atoms in total. The molecule has 134 valence electrons. The van der Waals surface area contributed by atoms with Crippen LogP contribution in [0, 0.1) is 31.1 Å². The van der Waals surface area contributed by atoms with Gasteiger partial charge < -0.3 is 14.5 Å². The van der Waals surface area contributed by atoms with E-state index >= 15 is 0 Å². The van der Waals surface area contributed by atoms with E-state index in [0.717, 1.165) is 37.2 Å². The van der Waals surface area contributed by atoms with Crippen LogP contribution in [0.3, 0.4) is 0 Å². The van der Waals surface area contributed by atoms with Crippen molar-refractivity contribution in [2.24, 2.45) is 5.92 Å². The summed E-state index contributed by atoms with van der Waals surface area (Å²) in [5.74, 6) is 0.980. The minimum atomic E-state index is 0.0504. The van der Waals surface area contributed by atoms with E-state index in [1.807, 2.05) is 18.7 Å². The van der Waals surface area contributed by atoms with Crippen LogP contribution in [0.1, 0.15) is 29.7 Å². The summed E-state index contributed by atoms with van der Waals surface area (Å²) in [6, 6.07) is 2.24. The zero-order valence-electron chi connectivity index (χ0n) is 14.7. The highest BCUT2D eigenvalue weighted by molar-refractivity contribution is 6.32. The monoisotopic (exact) mass is 362 g/mol. The van der Waals surface area contributed by atoms with Gasteiger partial charge in [-0.05, 0) is 32.3 Å². The molecule has 1 amide bonds. The highest BCUT2D eigenvalue weighted by Gasteiger charge is 2.31. The van der Waals surface area contributed by atoms with Gasteiger partial charge in [-0.15, -0.1) is 0 Å². The largest absolute Gasteiger partial charge is 0.378 e. The third-order valence-electron chi connectivity index (χ3n) is 5.10. The van der Waals surface area contributed by atoms with Gasteiger partial charge in [0.2, 0.25) is 5.91 Å². The van der Waals surface area contributed by atoms with Crippen molar-refractivity contribution in [1.29, 1.82) is 5.26 Å². The van der Waals surface area contributed by atoms with Crippen LogP contribution in [0.25, 0.3) is 0 Å². The van der Waals surface area contributed by atoms with Gasteiger partial charge in [0.15, 0.2) is 0 Å². The fourth-order valence-corrected chi connectivity index (χ4v) is 3.69. The number of ether oxygens (including phenoxy) is 1. The molecule has 2 aliphatic rings. The lowest BCUT2D eigenvalue weighted by atomic mass is 9.94. The van der Waals surface area contributed by atoms with Crippen LogP contribution in [0.4, 0.5) is 5.82 Å². The van der Waals surface area contributed by atoms with E-state index < -0.39 is 0 Å². The molecular weight excluding hydrogens is 340 g/mol. The second kappa shape index (κ2) is 7.59. The summed E-state index contributed by atoms with van der Waals surface area (Å²) in [5, 5.41) is 10.1. The lowest BCUT2D eigenvalue weighted by Crippen LogP contribution is -2.47. The Morgan fingerprint density at radius 3 is 2.48 bits per heavy atom. The SMILES string of the molecule is Cc1nc(N2CCC(C(=O)N3CCOCC3)CC2)c(C#N)c(C)c1Cl. The number of anilines is 1. The van der Waals surface area contributed by atoms with E-state index in [1.54, 1.807) is 0 Å². The lowest BCUT2D eigenvalue weighted by molar-refractivity contribution is -0.140. The molecule has 0 unspecified atom stereocenters. The Balaban J connectivity index is 1.70. The van der Waals surface area contributed by atoms with Crippen molar-refractivity contribution in [3.63, 3.8) is 0 Å². The number of rotatable bonds is 2. The Morgan fingerprint density at radius 1 is 1.24 bits per heavy atom. The van der Waals surface area contributed by atoms with Crippen LogP contribution in [0.15, 0.2) is 0 Å². The van der Waals surface area contributed by atoms with Crippen molar-refractivity contribution in [1.82, 2.24) is 9.88 Å². The molecule has 0 radical (unpaired) electrons. The number of nitrogens with zero attached hydrogens (tertiary/aromatic N) is 4. The Hall–Kier alpha value is -1.84. The van der Waals surface area contributed by atoms with Gasteiger partial charge >= 0.3 is 0 Å². The van der Waals surface area contributed by atoms with Crippen LogP contribution >= 0.6 is 11.6 Å². The summed E-state index contributed by atoms with van der Waals surface area (Å²) in [4.78, 5) is 21.2. The summed E-state index contributed by atoms with van der Waals surface area (Å²) < 4.78 is 5.32. The van der Waals surface area contributed by atoms with Gasteiger partial charge in [-0.25, -0.2) is 4.98 Å². The number of carbonyl (C=O) groups is 1. The first-order chi connectivity index (χ1) is 12.0. The van der Waals surface area contributed by atoms with Gasteiger partial charge in [-0.3, -0.25) is 4.79 Å². The fourth-order valence-electron chi connectivity index (χ4n) is 3.56. The maximum Gasteiger partial charge on any atom is 0.225 e. The van der Waals surface area contributed by atoms with Crippen molar-refractivity contribution >= 4 is 23.3 Å². The van der Waals surface area contributed by atoms with Crippen molar-refractivity contribution in [3.05, 3.63) is 21.8 Å². The quantitative estimate of drug-likeness (QED) is 0.807. The van der Waals surface area contributed by atoms with Gasteiger partial charge in [0.05, 0.1) is 29.5 Å². The first-order valence-corrected chi connectivity index (χ1v) is 9.09. The van der Waals surface area contributed by atoms with Crippen LogP contribution in [0.5, 0.6) is 0 Å². The zero-order chi connectivity index (χ0) is 18.0. The van der Waals surface area contributed by atoms with E-state index in [-0.39, 0.29) is 11.8 Å². The van der Waals surface area contributed by atoms with Crippen LogP contribution in [-0.4, -0.2) is 55.2 Å². The number of aryl methyl sites for hydroxylation is 1. The number of nitriles is 1. The number of morpholine rings is 1. The van der Waals surface area contributed by atoms with Crippen LogP contribution in [0.2, 0.25) is 5.02 Å². The average Bonchev–Trinajstić information content (AvgIpc) is 2.66. The van der Waals surface area contributed by atoms with Crippen molar-refractivity contribution in [3.8, 4) is 6.07 Å². The smallest absolute Gasteiger partial charge is 0.225 e. The predicted octanol–water partition coefficient (Wildman–Crippen LogP) is 2.30. The molecule has 0 N–H and O–H groups in total. The number of amides is 1. The fraction of sp³-hybridized carbons (Fsp3) is 0.611. The predicted molar refractivity (Wildman–Crippen MR) is 95.8 cm³/mol. The number of pyridine rings is 1. The molecule has 0 atom stereocenters. The number of hydrogen-bond acceptors (Lipinski definition) is 5. The van der Waals surface area contributed by atoms with Crippen LogP contribution in [-0.2, 0) is 9.53 Å². The summed E-state index contributed by atoms with van der Waals surface area (Å²) in [6.45, 7) is 7.80. The molecule has 0 aliphatic carbocycles. The highest BCUT2D eigenvalue weighted by atomic mass is 35.5. The summed E-state index contributed by atoms with van der Waals surface area (Å²) in [5.41, 5.74) is 2.05. The van der Waals surface area contributed by atoms with Gasteiger partial charge in [0.1, 0.15) is 11.9 Å². The van der Waals surface area contributed by atoms with E-state index in [9.17, 15) is 10.1 Å². The minimum Gasteiger partial charge on any atom is -0.378 e. The Morgan fingerprint density at radius 2 is 1.88 bits per heavy atom. The number of hydrogen-bond donors (Lipinski definition) is 0. The topological polar surface area (TPSA) is 69.5 Å². The highest BCUT2D eigenvalue weighted by Crippen LogP contribution is 2.31. The van der Waals surface area contributed by atoms with Crippen molar-refractivity contribution in [2.75, 3.05) is 44.3 Å². The summed E-state index contributed by atoms with van der Waals surface area (Å²) in [7, 11) is 0. The molecule has 2 saturated heterocycles. The van der Waals surface area contributed by atoms with E-state index in [4.69, 9.17) is 16.3 Å². The molecule has 0 saturated carbocycles. The van der Waals surface area contributed by atoms with Gasteiger partial charge in [0, 0.05) is 32.1 Å². The molecule has 7 heteroatoms. The molecule has 0 spiro atoms. The van der Waals surface area contributed by atoms with Gasteiger partial charge in [-0.2, -0.15) is 5.26 Å².